The van der Waals surface area contributed by atoms with Crippen LogP contribution in [0.15, 0.2) is 146 Å². The van der Waals surface area contributed by atoms with E-state index in [-0.39, 0.29) is 0 Å². The molecule has 0 fully saturated rings. The van der Waals surface area contributed by atoms with Gasteiger partial charge in [-0.25, -0.2) is 29.9 Å². The first-order valence-corrected chi connectivity index (χ1v) is 15.2. The Morgan fingerprint density at radius 3 is 0.729 bits per heavy atom. The summed E-state index contributed by atoms with van der Waals surface area (Å²) in [6.45, 7) is 0. The minimum atomic E-state index is 0.483. The van der Waals surface area contributed by atoms with E-state index in [1.807, 2.05) is 97.1 Å². The highest BCUT2D eigenvalue weighted by molar-refractivity contribution is 5.72. The lowest BCUT2D eigenvalue weighted by Gasteiger charge is -2.09. The Morgan fingerprint density at radius 2 is 0.479 bits per heavy atom. The predicted octanol–water partition coefficient (Wildman–Crippen LogP) is 7.31. The van der Waals surface area contributed by atoms with Gasteiger partial charge in [-0.2, -0.15) is 0 Å². The summed E-state index contributed by atoms with van der Waals surface area (Å²) in [7, 11) is 0. The highest BCUT2D eigenvalue weighted by Gasteiger charge is 2.15. The lowest BCUT2D eigenvalue weighted by molar-refractivity contribution is 1.05. The molecule has 0 amide bonds. The second-order valence-corrected chi connectivity index (χ2v) is 10.6. The monoisotopic (exact) mass is 620 g/mol. The molecule has 0 aliphatic rings. The van der Waals surface area contributed by atoms with Crippen molar-refractivity contribution in [3.63, 3.8) is 0 Å². The number of nitrogens with zero attached hydrogens (tertiary/aromatic N) is 10. The molecule has 0 atom stereocenters. The number of benzene rings is 2. The number of hydrogen-bond acceptors (Lipinski definition) is 10. The molecule has 226 valence electrons. The van der Waals surface area contributed by atoms with E-state index in [0.717, 1.165) is 22.3 Å². The van der Waals surface area contributed by atoms with Gasteiger partial charge in [0.15, 0.2) is 34.9 Å². The third-order valence-corrected chi connectivity index (χ3v) is 7.47. The van der Waals surface area contributed by atoms with Gasteiger partial charge in [0, 0.05) is 35.9 Å². The molecule has 0 bridgehead atoms. The molecule has 48 heavy (non-hydrogen) atoms. The van der Waals surface area contributed by atoms with E-state index in [4.69, 9.17) is 19.9 Å². The molecule has 0 radical (unpaired) electrons. The third kappa shape index (κ3) is 6.01. The normalized spacial score (nSPS) is 10.9. The number of rotatable bonds is 7. The van der Waals surface area contributed by atoms with Crippen molar-refractivity contribution in [3.05, 3.63) is 146 Å². The van der Waals surface area contributed by atoms with Crippen LogP contribution in [0.25, 0.3) is 80.0 Å². The van der Waals surface area contributed by atoms with Gasteiger partial charge in [-0.05, 0) is 59.7 Å². The minimum Gasteiger partial charge on any atom is -0.253 e. The summed E-state index contributed by atoms with van der Waals surface area (Å²) in [4.78, 5) is 46.2. The number of pyridine rings is 4. The van der Waals surface area contributed by atoms with E-state index < -0.39 is 0 Å². The van der Waals surface area contributed by atoms with Crippen LogP contribution >= 0.6 is 0 Å². The van der Waals surface area contributed by atoms with Crippen LogP contribution in [0.5, 0.6) is 0 Å². The fourth-order valence-corrected chi connectivity index (χ4v) is 5.07. The molecule has 6 heterocycles. The Morgan fingerprint density at radius 1 is 0.229 bits per heavy atom. The Kier molecular flexibility index (Phi) is 7.62. The minimum absolute atomic E-state index is 0.483. The molecule has 8 aromatic rings. The van der Waals surface area contributed by atoms with Gasteiger partial charge in [0.05, 0.1) is 0 Å². The standard InChI is InChI=1S/C38H24N10/c1-5-21-39-29(9-1)35-43-33(44-36(47-35)30-10-2-6-22-40-30)27-17-13-25(14-18-27)26-15-19-28(20-16-26)34-45-37(31-11-3-7-23-41-31)48-38(46-34)32-12-4-8-24-42-32/h1-24H. The van der Waals surface area contributed by atoms with Gasteiger partial charge < -0.3 is 0 Å². The van der Waals surface area contributed by atoms with E-state index in [0.29, 0.717) is 57.7 Å². The maximum atomic E-state index is 4.76. The Labute approximate surface area is 275 Å². The summed E-state index contributed by atoms with van der Waals surface area (Å²) in [6, 6.07) is 38.8. The van der Waals surface area contributed by atoms with E-state index in [1.54, 1.807) is 24.8 Å². The summed E-state index contributed by atoms with van der Waals surface area (Å²) in [5.74, 6) is 3.01. The zero-order chi connectivity index (χ0) is 32.1. The molecule has 0 unspecified atom stereocenters. The summed E-state index contributed by atoms with van der Waals surface area (Å²) >= 11 is 0. The van der Waals surface area contributed by atoms with Gasteiger partial charge >= 0.3 is 0 Å². The fraction of sp³-hybridized carbons (Fsp3) is 0. The lowest BCUT2D eigenvalue weighted by atomic mass is 10.0. The highest BCUT2D eigenvalue weighted by Crippen LogP contribution is 2.29. The SMILES string of the molecule is c1ccc(-c2nc(-c3ccc(-c4ccc(-c5nc(-c6ccccn6)nc(-c6ccccn6)n5)cc4)cc3)nc(-c3ccccn3)n2)nc1. The molecule has 10 heteroatoms. The van der Waals surface area contributed by atoms with Crippen molar-refractivity contribution in [2.24, 2.45) is 0 Å². The zero-order valence-electron chi connectivity index (χ0n) is 25.3. The van der Waals surface area contributed by atoms with Crippen LogP contribution in [-0.2, 0) is 0 Å². The molecule has 2 aromatic carbocycles. The van der Waals surface area contributed by atoms with Gasteiger partial charge in [0.25, 0.3) is 0 Å². The topological polar surface area (TPSA) is 129 Å². The first kappa shape index (κ1) is 28.5. The maximum Gasteiger partial charge on any atom is 0.182 e. The molecule has 0 aliphatic heterocycles. The van der Waals surface area contributed by atoms with Crippen molar-refractivity contribution >= 4 is 0 Å². The third-order valence-electron chi connectivity index (χ3n) is 7.47. The average Bonchev–Trinajstić information content (AvgIpc) is 3.19. The van der Waals surface area contributed by atoms with Crippen molar-refractivity contribution < 1.29 is 0 Å². The van der Waals surface area contributed by atoms with E-state index >= 15 is 0 Å². The van der Waals surface area contributed by atoms with Crippen LogP contribution in [0, 0.1) is 0 Å². The molecule has 0 spiro atoms. The Balaban J connectivity index is 1.11. The predicted molar refractivity (Wildman–Crippen MR) is 182 cm³/mol. The molecule has 8 rings (SSSR count). The highest BCUT2D eigenvalue weighted by atomic mass is 15.1. The summed E-state index contributed by atoms with van der Waals surface area (Å²) in [5.41, 5.74) is 6.41. The van der Waals surface area contributed by atoms with E-state index in [9.17, 15) is 0 Å². The second-order valence-electron chi connectivity index (χ2n) is 10.6. The first-order valence-electron chi connectivity index (χ1n) is 15.2. The molecule has 0 saturated carbocycles. The van der Waals surface area contributed by atoms with Crippen LogP contribution in [0.2, 0.25) is 0 Å². The molecule has 0 aliphatic carbocycles. The summed E-state index contributed by atoms with van der Waals surface area (Å²) in [6.07, 6.45) is 6.88. The maximum absolute atomic E-state index is 4.76. The summed E-state index contributed by atoms with van der Waals surface area (Å²) in [5, 5.41) is 0. The quantitative estimate of drug-likeness (QED) is 0.179. The number of hydrogen-bond donors (Lipinski definition) is 0. The molecular weight excluding hydrogens is 596 g/mol. The average molecular weight is 621 g/mol. The lowest BCUT2D eigenvalue weighted by Crippen LogP contribution is -2.02. The zero-order valence-corrected chi connectivity index (χ0v) is 25.3. The number of aromatic nitrogens is 10. The van der Waals surface area contributed by atoms with Crippen molar-refractivity contribution in [3.8, 4) is 80.0 Å². The van der Waals surface area contributed by atoms with Crippen LogP contribution in [0.3, 0.4) is 0 Å². The van der Waals surface area contributed by atoms with Gasteiger partial charge in [-0.15, -0.1) is 0 Å². The van der Waals surface area contributed by atoms with Crippen LogP contribution < -0.4 is 0 Å². The molecule has 0 saturated heterocycles. The van der Waals surface area contributed by atoms with Crippen LogP contribution in [0.1, 0.15) is 0 Å². The fourth-order valence-electron chi connectivity index (χ4n) is 5.07. The van der Waals surface area contributed by atoms with Crippen molar-refractivity contribution in [1.82, 2.24) is 49.8 Å². The Hall–Kier alpha value is -6.94. The smallest absolute Gasteiger partial charge is 0.182 e. The van der Waals surface area contributed by atoms with Gasteiger partial charge in [-0.1, -0.05) is 72.8 Å². The van der Waals surface area contributed by atoms with Crippen LogP contribution in [-0.4, -0.2) is 49.8 Å². The van der Waals surface area contributed by atoms with Crippen molar-refractivity contribution in [1.29, 1.82) is 0 Å². The van der Waals surface area contributed by atoms with E-state index in [2.05, 4.69) is 54.2 Å². The molecule has 6 aromatic heterocycles. The largest absolute Gasteiger partial charge is 0.253 e. The van der Waals surface area contributed by atoms with Gasteiger partial charge in [0.1, 0.15) is 22.8 Å². The van der Waals surface area contributed by atoms with Crippen molar-refractivity contribution in [2.45, 2.75) is 0 Å². The molecule has 0 N–H and O–H groups in total. The van der Waals surface area contributed by atoms with Gasteiger partial charge in [0.2, 0.25) is 0 Å². The van der Waals surface area contributed by atoms with E-state index in [1.165, 1.54) is 0 Å². The first-order chi connectivity index (χ1) is 23.8. The van der Waals surface area contributed by atoms with Crippen LogP contribution in [0.4, 0.5) is 0 Å². The molecular formula is C38H24N10. The second kappa shape index (κ2) is 12.8. The Bertz CT molecular complexity index is 2020. The van der Waals surface area contributed by atoms with Crippen molar-refractivity contribution in [2.75, 3.05) is 0 Å². The summed E-state index contributed by atoms with van der Waals surface area (Å²) < 4.78 is 0. The molecule has 10 nitrogen and oxygen atoms in total. The van der Waals surface area contributed by atoms with Gasteiger partial charge in [-0.3, -0.25) is 19.9 Å².